The molecule has 0 radical (unpaired) electrons. The number of nitrogens with zero attached hydrogens (tertiary/aromatic N) is 3. The van der Waals surface area contributed by atoms with Crippen LogP contribution in [0.15, 0.2) is 33.6 Å². The zero-order chi connectivity index (χ0) is 21.5. The lowest BCUT2D eigenvalue weighted by molar-refractivity contribution is -0.135. The fourth-order valence-corrected chi connectivity index (χ4v) is 5.71. The van der Waals surface area contributed by atoms with Crippen LogP contribution in [0, 0.1) is 5.92 Å². The van der Waals surface area contributed by atoms with Gasteiger partial charge in [-0.1, -0.05) is 26.0 Å². The highest BCUT2D eigenvalue weighted by Gasteiger charge is 2.39. The maximum Gasteiger partial charge on any atom is 0.285 e. The Morgan fingerprint density at radius 2 is 1.80 bits per heavy atom. The molecule has 1 aromatic rings. The van der Waals surface area contributed by atoms with Gasteiger partial charge in [-0.15, -0.1) is 4.40 Å². The Morgan fingerprint density at radius 3 is 2.50 bits per heavy atom. The molecule has 3 aliphatic heterocycles. The molecular formula is C21H28N4O4S. The summed E-state index contributed by atoms with van der Waals surface area (Å²) in [4.78, 5) is 29.1. The van der Waals surface area contributed by atoms with E-state index in [1.54, 1.807) is 24.3 Å². The summed E-state index contributed by atoms with van der Waals surface area (Å²) < 4.78 is 28.8. The van der Waals surface area contributed by atoms with Gasteiger partial charge in [-0.2, -0.15) is 8.42 Å². The third-order valence-electron chi connectivity index (χ3n) is 6.09. The summed E-state index contributed by atoms with van der Waals surface area (Å²) in [7, 11) is -3.71. The average molecular weight is 433 g/mol. The number of carbonyl (C=O) groups is 2. The smallest absolute Gasteiger partial charge is 0.285 e. The third-order valence-corrected chi connectivity index (χ3v) is 7.41. The molecule has 4 rings (SSSR count). The molecule has 0 unspecified atom stereocenters. The monoisotopic (exact) mass is 432 g/mol. The normalized spacial score (nSPS) is 23.4. The van der Waals surface area contributed by atoms with Crippen molar-refractivity contribution in [1.82, 2.24) is 15.1 Å². The van der Waals surface area contributed by atoms with Gasteiger partial charge in [0.05, 0.1) is 0 Å². The number of amides is 2. The van der Waals surface area contributed by atoms with Gasteiger partial charge in [-0.3, -0.25) is 9.59 Å². The molecule has 8 nitrogen and oxygen atoms in total. The second kappa shape index (κ2) is 8.02. The molecule has 2 fully saturated rings. The van der Waals surface area contributed by atoms with Crippen molar-refractivity contribution >= 4 is 27.7 Å². The van der Waals surface area contributed by atoms with Crippen LogP contribution in [0.4, 0.5) is 0 Å². The molecule has 1 aromatic carbocycles. The lowest BCUT2D eigenvalue weighted by Crippen LogP contribution is -2.52. The van der Waals surface area contributed by atoms with Gasteiger partial charge in [-0.05, 0) is 37.8 Å². The number of benzene rings is 1. The van der Waals surface area contributed by atoms with E-state index >= 15 is 0 Å². The van der Waals surface area contributed by atoms with Crippen LogP contribution in [0.3, 0.4) is 0 Å². The maximum atomic E-state index is 13.0. The number of nitrogens with one attached hydrogen (secondary N) is 1. The topological polar surface area (TPSA) is 99.2 Å². The minimum atomic E-state index is -3.71. The Hall–Kier alpha value is -2.42. The highest BCUT2D eigenvalue weighted by molar-refractivity contribution is 7.90. The molecule has 1 atom stereocenters. The Balaban J connectivity index is 1.43. The van der Waals surface area contributed by atoms with E-state index < -0.39 is 16.1 Å². The molecule has 162 valence electrons. The van der Waals surface area contributed by atoms with Gasteiger partial charge in [0.2, 0.25) is 11.8 Å². The van der Waals surface area contributed by atoms with Crippen molar-refractivity contribution in [2.75, 3.05) is 19.6 Å². The van der Waals surface area contributed by atoms with Crippen molar-refractivity contribution < 1.29 is 18.0 Å². The van der Waals surface area contributed by atoms with Gasteiger partial charge in [-0.25, -0.2) is 0 Å². The van der Waals surface area contributed by atoms with E-state index in [1.807, 2.05) is 23.6 Å². The first-order chi connectivity index (χ1) is 14.3. The molecule has 2 saturated heterocycles. The SMILES string of the molecule is CC(C)C(=O)N1CCC(NC(=O)[C@@H]2CCCN2C2=NS(=O)(=O)c3ccccc32)CC1. The molecule has 0 bridgehead atoms. The Labute approximate surface area is 177 Å². The summed E-state index contributed by atoms with van der Waals surface area (Å²) in [5.74, 6) is 0.418. The first kappa shape index (κ1) is 20.8. The fraction of sp³-hybridized carbons (Fsp3) is 0.571. The predicted molar refractivity (Wildman–Crippen MR) is 112 cm³/mol. The molecule has 0 aromatic heterocycles. The van der Waals surface area contributed by atoms with Crippen LogP contribution >= 0.6 is 0 Å². The van der Waals surface area contributed by atoms with Crippen LogP contribution in [-0.4, -0.2) is 67.6 Å². The van der Waals surface area contributed by atoms with E-state index in [-0.39, 0.29) is 28.7 Å². The van der Waals surface area contributed by atoms with Gasteiger partial charge < -0.3 is 15.1 Å². The van der Waals surface area contributed by atoms with Crippen LogP contribution in [0.25, 0.3) is 0 Å². The lowest BCUT2D eigenvalue weighted by atomic mass is 10.0. The van der Waals surface area contributed by atoms with Crippen molar-refractivity contribution in [3.05, 3.63) is 29.8 Å². The summed E-state index contributed by atoms with van der Waals surface area (Å²) in [6.45, 7) is 5.69. The molecule has 0 saturated carbocycles. The minimum Gasteiger partial charge on any atom is -0.351 e. The molecule has 3 heterocycles. The van der Waals surface area contributed by atoms with Crippen molar-refractivity contribution in [1.29, 1.82) is 0 Å². The molecular weight excluding hydrogens is 404 g/mol. The zero-order valence-corrected chi connectivity index (χ0v) is 18.2. The zero-order valence-electron chi connectivity index (χ0n) is 17.4. The highest BCUT2D eigenvalue weighted by Crippen LogP contribution is 2.31. The van der Waals surface area contributed by atoms with E-state index in [9.17, 15) is 18.0 Å². The number of likely N-dealkylation sites (tertiary alicyclic amines) is 2. The minimum absolute atomic E-state index is 0.0190. The first-order valence-corrected chi connectivity index (χ1v) is 12.0. The van der Waals surface area contributed by atoms with Gasteiger partial charge >= 0.3 is 0 Å². The van der Waals surface area contributed by atoms with Crippen molar-refractivity contribution in [2.45, 2.75) is 56.5 Å². The molecule has 1 N–H and O–H groups in total. The second-order valence-corrected chi connectivity index (χ2v) is 10.1. The van der Waals surface area contributed by atoms with Crippen LogP contribution in [0.5, 0.6) is 0 Å². The summed E-state index contributed by atoms with van der Waals surface area (Å²) >= 11 is 0. The van der Waals surface area contributed by atoms with Crippen molar-refractivity contribution in [3.8, 4) is 0 Å². The van der Waals surface area contributed by atoms with Crippen molar-refractivity contribution in [2.24, 2.45) is 10.3 Å². The summed E-state index contributed by atoms with van der Waals surface area (Å²) in [5, 5.41) is 3.12. The lowest BCUT2D eigenvalue weighted by Gasteiger charge is -2.34. The predicted octanol–water partition coefficient (Wildman–Crippen LogP) is 1.36. The van der Waals surface area contributed by atoms with E-state index in [2.05, 4.69) is 9.71 Å². The fourth-order valence-electron chi connectivity index (χ4n) is 4.50. The van der Waals surface area contributed by atoms with E-state index in [1.165, 1.54) is 0 Å². The van der Waals surface area contributed by atoms with E-state index in [0.717, 1.165) is 19.3 Å². The van der Waals surface area contributed by atoms with E-state index in [4.69, 9.17) is 0 Å². The molecule has 3 aliphatic rings. The number of fused-ring (bicyclic) bond motifs is 1. The number of amidine groups is 1. The third kappa shape index (κ3) is 3.82. The van der Waals surface area contributed by atoms with Crippen LogP contribution in [0.1, 0.15) is 45.1 Å². The number of carbonyl (C=O) groups excluding carboxylic acids is 2. The standard InChI is InChI=1S/C21H28N4O4S/c1-14(2)21(27)24-12-9-15(10-13-24)22-20(26)17-7-5-11-25(17)19-16-6-3-4-8-18(16)30(28,29)23-19/h3-4,6,8,14-15,17H,5,7,9-13H2,1-2H3,(H,22,26)/t17-/m0/s1. The average Bonchev–Trinajstić information content (AvgIpc) is 3.31. The van der Waals surface area contributed by atoms with Gasteiger partial charge in [0.15, 0.2) is 5.84 Å². The Kier molecular flexibility index (Phi) is 5.57. The highest BCUT2D eigenvalue weighted by atomic mass is 32.2. The number of rotatable bonds is 3. The van der Waals surface area contributed by atoms with E-state index in [0.29, 0.717) is 37.5 Å². The molecule has 30 heavy (non-hydrogen) atoms. The largest absolute Gasteiger partial charge is 0.351 e. The van der Waals surface area contributed by atoms with Crippen LogP contribution in [-0.2, 0) is 19.6 Å². The molecule has 0 spiro atoms. The molecule has 2 amide bonds. The summed E-state index contributed by atoms with van der Waals surface area (Å²) in [5.41, 5.74) is 0.567. The van der Waals surface area contributed by atoms with Crippen LogP contribution in [0.2, 0.25) is 0 Å². The van der Waals surface area contributed by atoms with Crippen molar-refractivity contribution in [3.63, 3.8) is 0 Å². The quantitative estimate of drug-likeness (QED) is 0.778. The van der Waals surface area contributed by atoms with Crippen LogP contribution < -0.4 is 5.32 Å². The number of hydrogen-bond acceptors (Lipinski definition) is 5. The number of piperidine rings is 1. The summed E-state index contributed by atoms with van der Waals surface area (Å²) in [6, 6.07) is 6.36. The maximum absolute atomic E-state index is 13.0. The molecule has 9 heteroatoms. The van der Waals surface area contributed by atoms with Gasteiger partial charge in [0.25, 0.3) is 10.0 Å². The molecule has 0 aliphatic carbocycles. The second-order valence-electron chi connectivity index (χ2n) is 8.50. The Morgan fingerprint density at radius 1 is 1.10 bits per heavy atom. The van der Waals surface area contributed by atoms with Gasteiger partial charge in [0, 0.05) is 37.2 Å². The first-order valence-electron chi connectivity index (χ1n) is 10.6. The van der Waals surface area contributed by atoms with Gasteiger partial charge in [0.1, 0.15) is 10.9 Å². The number of hydrogen-bond donors (Lipinski definition) is 1. The summed E-state index contributed by atoms with van der Waals surface area (Å²) in [6.07, 6.45) is 2.93. The Bertz CT molecular complexity index is 980. The number of sulfonamides is 1.